The van der Waals surface area contributed by atoms with Gasteiger partial charge in [0.1, 0.15) is 11.6 Å². The number of halogens is 1. The second-order valence-electron chi connectivity index (χ2n) is 7.68. The Kier molecular flexibility index (Phi) is 4.23. The van der Waals surface area contributed by atoms with Gasteiger partial charge in [-0.15, -0.1) is 10.2 Å². The van der Waals surface area contributed by atoms with Crippen LogP contribution in [-0.4, -0.2) is 27.6 Å². The van der Waals surface area contributed by atoms with Gasteiger partial charge in [-0.05, 0) is 48.7 Å². The van der Waals surface area contributed by atoms with E-state index in [0.29, 0.717) is 24.5 Å². The fraction of sp³-hybridized carbons (Fsp3) is 0.273. The van der Waals surface area contributed by atoms with Crippen LogP contribution in [0.3, 0.4) is 0 Å². The Morgan fingerprint density at radius 3 is 2.72 bits per heavy atom. The lowest BCUT2D eigenvalue weighted by Gasteiger charge is -2.41. The van der Waals surface area contributed by atoms with Crippen LogP contribution in [-0.2, 0) is 16.6 Å². The molecule has 0 atom stereocenters. The molecule has 5 rings (SSSR count). The third-order valence-electron chi connectivity index (χ3n) is 5.91. The highest BCUT2D eigenvalue weighted by Crippen LogP contribution is 2.43. The van der Waals surface area contributed by atoms with E-state index in [1.54, 1.807) is 12.3 Å². The summed E-state index contributed by atoms with van der Waals surface area (Å²) in [5, 5.41) is 14.8. The van der Waals surface area contributed by atoms with Crippen LogP contribution in [0.1, 0.15) is 30.5 Å². The van der Waals surface area contributed by atoms with Crippen molar-refractivity contribution in [2.75, 3.05) is 17.2 Å². The van der Waals surface area contributed by atoms with E-state index < -0.39 is 0 Å². The van der Waals surface area contributed by atoms with Crippen molar-refractivity contribution in [1.29, 1.82) is 0 Å². The third-order valence-corrected chi connectivity index (χ3v) is 5.91. The van der Waals surface area contributed by atoms with Crippen LogP contribution in [0, 0.1) is 5.82 Å². The van der Waals surface area contributed by atoms with Crippen molar-refractivity contribution in [1.82, 2.24) is 15.2 Å². The summed E-state index contributed by atoms with van der Waals surface area (Å²) in [6, 6.07) is 12.6. The van der Waals surface area contributed by atoms with Crippen molar-refractivity contribution in [2.24, 2.45) is 0 Å². The first-order valence-electron chi connectivity index (χ1n) is 9.75. The summed E-state index contributed by atoms with van der Waals surface area (Å²) in [6.45, 7) is 0.564. The molecule has 2 aliphatic rings. The van der Waals surface area contributed by atoms with Gasteiger partial charge in [-0.1, -0.05) is 18.6 Å². The summed E-state index contributed by atoms with van der Waals surface area (Å²) in [6.07, 6.45) is 4.86. The van der Waals surface area contributed by atoms with Crippen molar-refractivity contribution >= 4 is 17.4 Å². The van der Waals surface area contributed by atoms with Gasteiger partial charge in [0.25, 0.3) is 0 Å². The lowest BCUT2D eigenvalue weighted by molar-refractivity contribution is -0.115. The maximum atomic E-state index is 14.3. The number of nitrogens with one attached hydrogen (secondary N) is 2. The zero-order valence-corrected chi connectivity index (χ0v) is 15.8. The van der Waals surface area contributed by atoms with Gasteiger partial charge in [-0.3, -0.25) is 9.78 Å². The van der Waals surface area contributed by atoms with Gasteiger partial charge in [0, 0.05) is 29.4 Å². The minimum atomic E-state index is -0.294. The molecule has 29 heavy (non-hydrogen) atoms. The zero-order chi connectivity index (χ0) is 19.8. The van der Waals surface area contributed by atoms with Gasteiger partial charge < -0.3 is 10.6 Å². The molecule has 146 valence electrons. The van der Waals surface area contributed by atoms with E-state index in [0.717, 1.165) is 41.8 Å². The number of nitrogens with zero attached hydrogens (tertiary/aromatic N) is 3. The monoisotopic (exact) mass is 389 g/mol. The van der Waals surface area contributed by atoms with E-state index in [1.807, 2.05) is 30.3 Å². The molecular formula is C22H20FN5O. The molecule has 6 nitrogen and oxygen atoms in total. The van der Waals surface area contributed by atoms with Crippen LogP contribution < -0.4 is 10.6 Å². The minimum Gasteiger partial charge on any atom is -0.368 e. The molecule has 0 spiro atoms. The molecule has 0 radical (unpaired) electrons. The predicted molar refractivity (Wildman–Crippen MR) is 108 cm³/mol. The topological polar surface area (TPSA) is 79.8 Å². The standard InChI is InChI=1S/C22H20FN5O/c23-16-5-2-11-24-21(16)22(9-3-10-22)13-25-19-8-7-18(27-28-19)14-4-1-6-17-15(14)12-20(29)26-17/h1-2,4-8,11H,3,9-10,12-13H2,(H,25,28)(H,26,29). The summed E-state index contributed by atoms with van der Waals surface area (Å²) in [5.41, 5.74) is 3.65. The highest BCUT2D eigenvalue weighted by atomic mass is 19.1. The molecule has 3 heterocycles. The van der Waals surface area contributed by atoms with Gasteiger partial charge >= 0.3 is 0 Å². The molecule has 1 aromatic carbocycles. The first kappa shape index (κ1) is 17.7. The van der Waals surface area contributed by atoms with Crippen molar-refractivity contribution in [3.05, 3.63) is 65.7 Å². The zero-order valence-electron chi connectivity index (χ0n) is 15.8. The van der Waals surface area contributed by atoms with E-state index in [4.69, 9.17) is 0 Å². The molecule has 1 fully saturated rings. The molecule has 1 amide bonds. The maximum absolute atomic E-state index is 14.3. The normalized spacial score (nSPS) is 16.7. The Hall–Kier alpha value is -3.35. The van der Waals surface area contributed by atoms with Crippen LogP contribution >= 0.6 is 0 Å². The Labute approximate surface area is 167 Å². The lowest BCUT2D eigenvalue weighted by atomic mass is 9.66. The summed E-state index contributed by atoms with van der Waals surface area (Å²) in [7, 11) is 0. The number of carbonyl (C=O) groups is 1. The fourth-order valence-corrected chi connectivity index (χ4v) is 4.20. The average Bonchev–Trinajstić information content (AvgIpc) is 3.09. The van der Waals surface area contributed by atoms with Crippen LogP contribution in [0.15, 0.2) is 48.7 Å². The minimum absolute atomic E-state index is 0.00811. The number of pyridine rings is 1. The Bertz CT molecular complexity index is 1080. The number of amides is 1. The van der Waals surface area contributed by atoms with Gasteiger partial charge in [-0.25, -0.2) is 4.39 Å². The molecule has 1 saturated carbocycles. The van der Waals surface area contributed by atoms with Crippen molar-refractivity contribution in [2.45, 2.75) is 31.1 Å². The first-order chi connectivity index (χ1) is 14.1. The second-order valence-corrected chi connectivity index (χ2v) is 7.68. The van der Waals surface area contributed by atoms with E-state index in [1.165, 1.54) is 6.07 Å². The molecule has 0 unspecified atom stereocenters. The largest absolute Gasteiger partial charge is 0.368 e. The first-order valence-corrected chi connectivity index (χ1v) is 9.75. The summed E-state index contributed by atoms with van der Waals surface area (Å²) < 4.78 is 14.3. The maximum Gasteiger partial charge on any atom is 0.228 e. The molecule has 1 aliphatic heterocycles. The molecule has 2 N–H and O–H groups in total. The average molecular weight is 389 g/mol. The molecule has 1 aliphatic carbocycles. The molecule has 3 aromatic rings. The van der Waals surface area contributed by atoms with Gasteiger partial charge in [0.15, 0.2) is 0 Å². The number of carbonyl (C=O) groups excluding carboxylic acids is 1. The van der Waals surface area contributed by atoms with E-state index >= 15 is 0 Å². The second kappa shape index (κ2) is 6.92. The number of aromatic nitrogens is 3. The van der Waals surface area contributed by atoms with Gasteiger partial charge in [0.2, 0.25) is 5.91 Å². The number of hydrogen-bond acceptors (Lipinski definition) is 5. The van der Waals surface area contributed by atoms with Gasteiger partial charge in [0.05, 0.1) is 17.8 Å². The smallest absolute Gasteiger partial charge is 0.228 e. The number of rotatable bonds is 5. The fourth-order valence-electron chi connectivity index (χ4n) is 4.20. The van der Waals surface area contributed by atoms with Crippen molar-refractivity contribution in [3.63, 3.8) is 0 Å². The molecule has 0 saturated heterocycles. The van der Waals surface area contributed by atoms with E-state index in [2.05, 4.69) is 25.8 Å². The number of hydrogen-bond donors (Lipinski definition) is 2. The summed E-state index contributed by atoms with van der Waals surface area (Å²) in [5.74, 6) is 0.376. The number of benzene rings is 1. The van der Waals surface area contributed by atoms with E-state index in [9.17, 15) is 9.18 Å². The lowest BCUT2D eigenvalue weighted by Crippen LogP contribution is -2.42. The highest BCUT2D eigenvalue weighted by Gasteiger charge is 2.41. The quantitative estimate of drug-likeness (QED) is 0.695. The number of fused-ring (bicyclic) bond motifs is 1. The Morgan fingerprint density at radius 2 is 2.00 bits per heavy atom. The molecule has 7 heteroatoms. The van der Waals surface area contributed by atoms with Crippen LogP contribution in [0.25, 0.3) is 11.3 Å². The Morgan fingerprint density at radius 1 is 1.10 bits per heavy atom. The van der Waals surface area contributed by atoms with Crippen molar-refractivity contribution < 1.29 is 9.18 Å². The van der Waals surface area contributed by atoms with E-state index in [-0.39, 0.29) is 17.1 Å². The van der Waals surface area contributed by atoms with Crippen LogP contribution in [0.5, 0.6) is 0 Å². The summed E-state index contributed by atoms with van der Waals surface area (Å²) >= 11 is 0. The molecular weight excluding hydrogens is 369 g/mol. The highest BCUT2D eigenvalue weighted by molar-refractivity contribution is 6.01. The molecule has 0 bridgehead atoms. The SMILES string of the molecule is O=C1Cc2c(cccc2-c2ccc(NCC3(c4ncccc4F)CCC3)nn2)N1. The number of anilines is 2. The van der Waals surface area contributed by atoms with Gasteiger partial charge in [-0.2, -0.15) is 0 Å². The predicted octanol–water partition coefficient (Wildman–Crippen LogP) is 3.71. The van der Waals surface area contributed by atoms with Crippen molar-refractivity contribution in [3.8, 4) is 11.3 Å². The third kappa shape index (κ3) is 3.12. The Balaban J connectivity index is 1.34. The summed E-state index contributed by atoms with van der Waals surface area (Å²) in [4.78, 5) is 16.0. The van der Waals surface area contributed by atoms with Crippen LogP contribution in [0.2, 0.25) is 0 Å². The van der Waals surface area contributed by atoms with Crippen LogP contribution in [0.4, 0.5) is 15.9 Å². The molecule has 2 aromatic heterocycles.